The lowest BCUT2D eigenvalue weighted by molar-refractivity contribution is -0.157. The zero-order chi connectivity index (χ0) is 19.6. The first-order chi connectivity index (χ1) is 12.3. The number of hydrogen-bond acceptors (Lipinski definition) is 4. The highest BCUT2D eigenvalue weighted by atomic mass is 127. The number of halogens is 4. The number of piperidine rings is 1. The van der Waals surface area contributed by atoms with Gasteiger partial charge < -0.3 is 24.6 Å². The van der Waals surface area contributed by atoms with Crippen LogP contribution >= 0.6 is 24.0 Å². The molecule has 7 nitrogen and oxygen atoms in total. The number of alkyl halides is 3. The van der Waals surface area contributed by atoms with Crippen molar-refractivity contribution < 1.29 is 27.4 Å². The van der Waals surface area contributed by atoms with E-state index in [1.165, 1.54) is 0 Å². The fraction of sp³-hybridized carbons (Fsp3) is 0.875. The molecule has 1 N–H and O–H groups in total. The Morgan fingerprint density at radius 1 is 1.30 bits per heavy atom. The largest absolute Gasteiger partial charge is 0.406 e. The molecular formula is C16H30F3IN4O3. The minimum absolute atomic E-state index is 0. The van der Waals surface area contributed by atoms with Crippen LogP contribution in [-0.4, -0.2) is 94.5 Å². The average molecular weight is 510 g/mol. The Bertz CT molecular complexity index is 459. The summed E-state index contributed by atoms with van der Waals surface area (Å²) in [5.41, 5.74) is 0. The summed E-state index contributed by atoms with van der Waals surface area (Å²) >= 11 is 0. The van der Waals surface area contributed by atoms with Crippen molar-refractivity contribution in [2.75, 3.05) is 60.6 Å². The Labute approximate surface area is 175 Å². The van der Waals surface area contributed by atoms with Gasteiger partial charge in [-0.25, -0.2) is 0 Å². The third kappa shape index (κ3) is 10.9. The van der Waals surface area contributed by atoms with E-state index in [1.807, 2.05) is 4.90 Å². The second-order valence-electron chi connectivity index (χ2n) is 6.17. The van der Waals surface area contributed by atoms with Gasteiger partial charge in [0.25, 0.3) is 0 Å². The van der Waals surface area contributed by atoms with E-state index < -0.39 is 18.6 Å². The van der Waals surface area contributed by atoms with E-state index in [9.17, 15) is 18.0 Å². The summed E-state index contributed by atoms with van der Waals surface area (Å²) < 4.78 is 47.7. The highest BCUT2D eigenvalue weighted by Gasteiger charge is 2.31. The Morgan fingerprint density at radius 2 is 1.93 bits per heavy atom. The van der Waals surface area contributed by atoms with Crippen molar-refractivity contribution in [1.29, 1.82) is 0 Å². The minimum atomic E-state index is -4.41. The Kier molecular flexibility index (Phi) is 13.0. The number of nitrogens with zero attached hydrogens (tertiary/aromatic N) is 3. The molecule has 160 valence electrons. The Hall–Kier alpha value is -0.820. The number of rotatable bonds is 8. The summed E-state index contributed by atoms with van der Waals surface area (Å²) in [4.78, 5) is 18.5. The van der Waals surface area contributed by atoms with Crippen LogP contribution in [0, 0.1) is 0 Å². The normalized spacial score (nSPS) is 16.1. The molecular weight excluding hydrogens is 480 g/mol. The number of aliphatic imine (C=N–C) groups is 1. The predicted octanol–water partition coefficient (Wildman–Crippen LogP) is 1.72. The van der Waals surface area contributed by atoms with Crippen LogP contribution in [0.1, 0.15) is 19.3 Å². The first kappa shape index (κ1) is 26.2. The molecule has 1 aliphatic rings. The number of nitrogens with one attached hydrogen (secondary N) is 1. The topological polar surface area (TPSA) is 66.4 Å². The number of likely N-dealkylation sites (N-methyl/N-ethyl adjacent to an activating group) is 1. The van der Waals surface area contributed by atoms with Gasteiger partial charge in [0, 0.05) is 47.5 Å². The summed E-state index contributed by atoms with van der Waals surface area (Å²) in [5, 5.41) is 2.84. The van der Waals surface area contributed by atoms with Crippen molar-refractivity contribution in [3.05, 3.63) is 0 Å². The first-order valence-corrected chi connectivity index (χ1v) is 8.63. The van der Waals surface area contributed by atoms with Gasteiger partial charge in [0.1, 0.15) is 6.54 Å². The molecule has 1 fully saturated rings. The van der Waals surface area contributed by atoms with Gasteiger partial charge in [-0.3, -0.25) is 9.79 Å². The van der Waals surface area contributed by atoms with E-state index in [0.29, 0.717) is 37.2 Å². The van der Waals surface area contributed by atoms with Crippen molar-refractivity contribution >= 4 is 35.8 Å². The van der Waals surface area contributed by atoms with Gasteiger partial charge in [-0.2, -0.15) is 13.2 Å². The molecule has 0 radical (unpaired) electrons. The summed E-state index contributed by atoms with van der Waals surface area (Å²) in [7, 11) is 4.37. The van der Waals surface area contributed by atoms with Crippen LogP contribution in [0.5, 0.6) is 0 Å². The second kappa shape index (κ2) is 13.4. The van der Waals surface area contributed by atoms with E-state index in [-0.39, 0.29) is 36.6 Å². The average Bonchev–Trinajstić information content (AvgIpc) is 2.58. The van der Waals surface area contributed by atoms with Gasteiger partial charge in [-0.15, -0.1) is 24.0 Å². The number of carbonyl (C=O) groups excluding carboxylic acids is 1. The summed E-state index contributed by atoms with van der Waals surface area (Å²) in [6.07, 6.45) is -1.71. The number of ether oxygens (including phenoxy) is 2. The van der Waals surface area contributed by atoms with Gasteiger partial charge in [0.15, 0.2) is 5.96 Å². The molecule has 0 aromatic carbocycles. The second-order valence-corrected chi connectivity index (χ2v) is 6.17. The van der Waals surface area contributed by atoms with Crippen molar-refractivity contribution in [3.63, 3.8) is 0 Å². The van der Waals surface area contributed by atoms with Gasteiger partial charge in [0.2, 0.25) is 5.91 Å². The highest BCUT2D eigenvalue weighted by molar-refractivity contribution is 14.0. The number of hydrogen-bond donors (Lipinski definition) is 1. The Balaban J connectivity index is 0.00000676. The van der Waals surface area contributed by atoms with Crippen LogP contribution < -0.4 is 5.32 Å². The smallest absolute Gasteiger partial charge is 0.385 e. The van der Waals surface area contributed by atoms with E-state index in [2.05, 4.69) is 10.3 Å². The molecule has 0 atom stereocenters. The third-order valence-electron chi connectivity index (χ3n) is 4.04. The lowest BCUT2D eigenvalue weighted by Crippen LogP contribution is -2.50. The summed E-state index contributed by atoms with van der Waals surface area (Å²) in [5.74, 6) is -0.128. The molecule has 0 spiro atoms. The van der Waals surface area contributed by atoms with Crippen LogP contribution in [0.4, 0.5) is 13.2 Å². The van der Waals surface area contributed by atoms with Crippen molar-refractivity contribution in [3.8, 4) is 0 Å². The van der Waals surface area contributed by atoms with E-state index >= 15 is 0 Å². The lowest BCUT2D eigenvalue weighted by Gasteiger charge is -2.34. The lowest BCUT2D eigenvalue weighted by atomic mass is 10.1. The molecule has 1 heterocycles. The van der Waals surface area contributed by atoms with E-state index in [0.717, 1.165) is 26.3 Å². The molecule has 27 heavy (non-hydrogen) atoms. The first-order valence-electron chi connectivity index (χ1n) is 8.63. The van der Waals surface area contributed by atoms with Crippen LogP contribution in [0.15, 0.2) is 4.99 Å². The summed E-state index contributed by atoms with van der Waals surface area (Å²) in [6.45, 7) is 1.25. The standard InChI is InChI=1S/C16H29F3N4O3.HI/c1-20-15(21-11-14(24)22(2)12-16(17,18)19)23-7-5-13(6-8-23)26-10-4-9-25-3;/h13H,4-12H2,1-3H3,(H,20,21);1H. The van der Waals surface area contributed by atoms with Crippen molar-refractivity contribution in [1.82, 2.24) is 15.1 Å². The predicted molar refractivity (Wildman–Crippen MR) is 108 cm³/mol. The monoisotopic (exact) mass is 510 g/mol. The molecule has 0 aliphatic carbocycles. The SMILES string of the molecule is CN=C(NCC(=O)N(C)CC(F)(F)F)N1CCC(OCCCOC)CC1.I. The van der Waals surface area contributed by atoms with Gasteiger partial charge >= 0.3 is 6.18 Å². The quantitative estimate of drug-likeness (QED) is 0.233. The maximum absolute atomic E-state index is 12.3. The molecule has 1 aliphatic heterocycles. The maximum Gasteiger partial charge on any atom is 0.406 e. The zero-order valence-corrected chi connectivity index (χ0v) is 18.4. The molecule has 11 heteroatoms. The van der Waals surface area contributed by atoms with Crippen LogP contribution in [-0.2, 0) is 14.3 Å². The molecule has 1 amide bonds. The molecule has 1 rings (SSSR count). The van der Waals surface area contributed by atoms with Gasteiger partial charge in [0.05, 0.1) is 12.6 Å². The molecule has 0 unspecified atom stereocenters. The maximum atomic E-state index is 12.3. The summed E-state index contributed by atoms with van der Waals surface area (Å²) in [6, 6.07) is 0. The minimum Gasteiger partial charge on any atom is -0.385 e. The highest BCUT2D eigenvalue weighted by Crippen LogP contribution is 2.16. The third-order valence-corrected chi connectivity index (χ3v) is 4.04. The molecule has 1 saturated heterocycles. The van der Waals surface area contributed by atoms with E-state index in [1.54, 1.807) is 14.2 Å². The van der Waals surface area contributed by atoms with Crippen LogP contribution in [0.2, 0.25) is 0 Å². The number of amides is 1. The van der Waals surface area contributed by atoms with Gasteiger partial charge in [-0.05, 0) is 19.3 Å². The van der Waals surface area contributed by atoms with E-state index in [4.69, 9.17) is 9.47 Å². The molecule has 0 aromatic rings. The number of methoxy groups -OCH3 is 1. The Morgan fingerprint density at radius 3 is 2.44 bits per heavy atom. The van der Waals surface area contributed by atoms with Crippen LogP contribution in [0.25, 0.3) is 0 Å². The molecule has 0 aromatic heterocycles. The fourth-order valence-electron chi connectivity index (χ4n) is 2.67. The van der Waals surface area contributed by atoms with Crippen LogP contribution in [0.3, 0.4) is 0 Å². The van der Waals surface area contributed by atoms with Gasteiger partial charge in [-0.1, -0.05) is 0 Å². The zero-order valence-electron chi connectivity index (χ0n) is 16.0. The molecule has 0 saturated carbocycles. The number of carbonyl (C=O) groups is 1. The fourth-order valence-corrected chi connectivity index (χ4v) is 2.67. The molecule has 0 bridgehead atoms. The number of guanidine groups is 1. The van der Waals surface area contributed by atoms with Crippen molar-refractivity contribution in [2.45, 2.75) is 31.5 Å². The van der Waals surface area contributed by atoms with Crippen molar-refractivity contribution in [2.24, 2.45) is 4.99 Å². The number of likely N-dealkylation sites (tertiary alicyclic amines) is 1.